The number of hydrogen-bond donors (Lipinski definition) is 1. The molecule has 0 unspecified atom stereocenters. The summed E-state index contributed by atoms with van der Waals surface area (Å²) in [6.45, 7) is 2.19. The monoisotopic (exact) mass is 262 g/mol. The van der Waals surface area contributed by atoms with E-state index in [1.807, 2.05) is 11.4 Å². The van der Waals surface area contributed by atoms with E-state index < -0.39 is 0 Å². The molecular formula is C14H18N2OS. The first-order chi connectivity index (χ1) is 8.74. The van der Waals surface area contributed by atoms with Gasteiger partial charge in [-0.1, -0.05) is 25.5 Å². The Labute approximate surface area is 112 Å². The van der Waals surface area contributed by atoms with Crippen LogP contribution in [0.25, 0.3) is 11.3 Å². The largest absolute Gasteiger partial charge is 0.496 e. The van der Waals surface area contributed by atoms with Crippen LogP contribution in [0.3, 0.4) is 0 Å². The second-order valence-corrected chi connectivity index (χ2v) is 5.09. The van der Waals surface area contributed by atoms with Crippen molar-refractivity contribution in [1.29, 1.82) is 0 Å². The molecule has 4 heteroatoms. The van der Waals surface area contributed by atoms with Crippen molar-refractivity contribution < 1.29 is 4.74 Å². The number of aryl methyl sites for hydroxylation is 1. The van der Waals surface area contributed by atoms with Gasteiger partial charge in [-0.15, -0.1) is 11.3 Å². The molecule has 1 heterocycles. The molecule has 0 saturated heterocycles. The van der Waals surface area contributed by atoms with Crippen molar-refractivity contribution in [3.05, 3.63) is 29.1 Å². The molecule has 2 N–H and O–H groups in total. The number of anilines is 1. The third kappa shape index (κ3) is 2.82. The molecule has 0 radical (unpaired) electrons. The third-order valence-electron chi connectivity index (χ3n) is 2.90. The molecule has 0 aliphatic heterocycles. The van der Waals surface area contributed by atoms with Crippen LogP contribution in [0.5, 0.6) is 5.75 Å². The Morgan fingerprint density at radius 2 is 2.22 bits per heavy atom. The summed E-state index contributed by atoms with van der Waals surface area (Å²) in [5.74, 6) is 0.938. The summed E-state index contributed by atoms with van der Waals surface area (Å²) in [5.41, 5.74) is 8.88. The minimum absolute atomic E-state index is 0.596. The SMILES string of the molecule is CCCCc1ccc(-c2csc(N)n2)cc1OC. The molecule has 2 rings (SSSR count). The van der Waals surface area contributed by atoms with Crippen molar-refractivity contribution in [2.45, 2.75) is 26.2 Å². The molecule has 0 spiro atoms. The number of nitrogens with two attached hydrogens (primary N) is 1. The maximum Gasteiger partial charge on any atom is 0.180 e. The van der Waals surface area contributed by atoms with Crippen molar-refractivity contribution >= 4 is 16.5 Å². The predicted molar refractivity (Wildman–Crippen MR) is 77.1 cm³/mol. The normalized spacial score (nSPS) is 10.6. The highest BCUT2D eigenvalue weighted by molar-refractivity contribution is 7.13. The lowest BCUT2D eigenvalue weighted by molar-refractivity contribution is 0.409. The Morgan fingerprint density at radius 3 is 2.83 bits per heavy atom. The quantitative estimate of drug-likeness (QED) is 0.892. The van der Waals surface area contributed by atoms with E-state index in [-0.39, 0.29) is 0 Å². The van der Waals surface area contributed by atoms with Crippen molar-refractivity contribution in [2.24, 2.45) is 0 Å². The van der Waals surface area contributed by atoms with E-state index in [0.717, 1.165) is 23.4 Å². The molecule has 0 aliphatic rings. The molecule has 0 amide bonds. The molecule has 1 aromatic heterocycles. The standard InChI is InChI=1S/C14H18N2OS/c1-3-4-5-10-6-7-11(8-13(10)17-2)12-9-18-14(15)16-12/h6-9H,3-5H2,1-2H3,(H2,15,16). The average molecular weight is 262 g/mol. The second-order valence-electron chi connectivity index (χ2n) is 4.20. The van der Waals surface area contributed by atoms with Crippen LogP contribution in [-0.4, -0.2) is 12.1 Å². The first-order valence-electron chi connectivity index (χ1n) is 6.13. The zero-order valence-corrected chi connectivity index (χ0v) is 11.6. The fourth-order valence-corrected chi connectivity index (χ4v) is 2.47. The zero-order chi connectivity index (χ0) is 13.0. The summed E-state index contributed by atoms with van der Waals surface area (Å²) in [6.07, 6.45) is 3.42. The molecule has 3 nitrogen and oxygen atoms in total. The topological polar surface area (TPSA) is 48.1 Å². The van der Waals surface area contributed by atoms with E-state index >= 15 is 0 Å². The van der Waals surface area contributed by atoms with Crippen molar-refractivity contribution in [3.8, 4) is 17.0 Å². The predicted octanol–water partition coefficient (Wildman–Crippen LogP) is 3.74. The summed E-state index contributed by atoms with van der Waals surface area (Å²) < 4.78 is 5.46. The van der Waals surface area contributed by atoms with Gasteiger partial charge in [0.1, 0.15) is 5.75 Å². The molecule has 0 aliphatic carbocycles. The number of hydrogen-bond acceptors (Lipinski definition) is 4. The fourth-order valence-electron chi connectivity index (χ4n) is 1.90. The van der Waals surface area contributed by atoms with Crippen LogP contribution in [-0.2, 0) is 6.42 Å². The van der Waals surface area contributed by atoms with E-state index in [9.17, 15) is 0 Å². The maximum atomic E-state index is 5.66. The van der Waals surface area contributed by atoms with Gasteiger partial charge in [0.15, 0.2) is 5.13 Å². The van der Waals surface area contributed by atoms with Crippen molar-refractivity contribution in [1.82, 2.24) is 4.98 Å². The van der Waals surface area contributed by atoms with Gasteiger partial charge in [0.05, 0.1) is 12.8 Å². The third-order valence-corrected chi connectivity index (χ3v) is 3.58. The summed E-state index contributed by atoms with van der Waals surface area (Å²) >= 11 is 1.46. The number of rotatable bonds is 5. The molecule has 0 bridgehead atoms. The van der Waals surface area contributed by atoms with Gasteiger partial charge in [0.25, 0.3) is 0 Å². The molecule has 0 fully saturated rings. The Balaban J connectivity index is 2.29. The fraction of sp³-hybridized carbons (Fsp3) is 0.357. The maximum absolute atomic E-state index is 5.66. The van der Waals surface area contributed by atoms with Gasteiger partial charge >= 0.3 is 0 Å². The van der Waals surface area contributed by atoms with Crippen LogP contribution in [0.2, 0.25) is 0 Å². The van der Waals surface area contributed by atoms with Crippen LogP contribution in [0.1, 0.15) is 25.3 Å². The minimum Gasteiger partial charge on any atom is -0.496 e. The lowest BCUT2D eigenvalue weighted by Gasteiger charge is -2.09. The Kier molecular flexibility index (Phi) is 4.20. The highest BCUT2D eigenvalue weighted by Crippen LogP contribution is 2.29. The first kappa shape index (κ1) is 12.9. The number of benzene rings is 1. The Bertz CT molecular complexity index is 522. The van der Waals surface area contributed by atoms with Gasteiger partial charge in [0.2, 0.25) is 0 Å². The van der Waals surface area contributed by atoms with E-state index in [0.29, 0.717) is 5.13 Å². The van der Waals surface area contributed by atoms with Gasteiger partial charge < -0.3 is 10.5 Å². The van der Waals surface area contributed by atoms with Crippen LogP contribution < -0.4 is 10.5 Å². The number of ether oxygens (including phenoxy) is 1. The molecule has 2 aromatic rings. The second kappa shape index (κ2) is 5.87. The lowest BCUT2D eigenvalue weighted by atomic mass is 10.0. The highest BCUT2D eigenvalue weighted by Gasteiger charge is 2.07. The molecule has 18 heavy (non-hydrogen) atoms. The number of nitrogens with zero attached hydrogens (tertiary/aromatic N) is 1. The van der Waals surface area contributed by atoms with Gasteiger partial charge in [-0.2, -0.15) is 0 Å². The number of unbranched alkanes of at least 4 members (excludes halogenated alkanes) is 1. The van der Waals surface area contributed by atoms with Gasteiger partial charge in [0, 0.05) is 10.9 Å². The Morgan fingerprint density at radius 1 is 1.39 bits per heavy atom. The van der Waals surface area contributed by atoms with Crippen LogP contribution in [0, 0.1) is 0 Å². The van der Waals surface area contributed by atoms with E-state index in [1.165, 1.54) is 29.7 Å². The van der Waals surface area contributed by atoms with Crippen LogP contribution in [0.4, 0.5) is 5.13 Å². The molecule has 0 saturated carbocycles. The minimum atomic E-state index is 0.596. The molecule has 96 valence electrons. The molecule has 1 aromatic carbocycles. The lowest BCUT2D eigenvalue weighted by Crippen LogP contribution is -1.93. The average Bonchev–Trinajstić information content (AvgIpc) is 2.83. The summed E-state index contributed by atoms with van der Waals surface area (Å²) in [4.78, 5) is 4.29. The van der Waals surface area contributed by atoms with Crippen molar-refractivity contribution in [3.63, 3.8) is 0 Å². The van der Waals surface area contributed by atoms with Gasteiger partial charge in [-0.3, -0.25) is 0 Å². The smallest absolute Gasteiger partial charge is 0.180 e. The zero-order valence-electron chi connectivity index (χ0n) is 10.8. The van der Waals surface area contributed by atoms with Crippen LogP contribution in [0.15, 0.2) is 23.6 Å². The number of aromatic nitrogens is 1. The summed E-state index contributed by atoms with van der Waals surface area (Å²) in [7, 11) is 1.71. The van der Waals surface area contributed by atoms with Crippen LogP contribution >= 0.6 is 11.3 Å². The Hall–Kier alpha value is -1.55. The van der Waals surface area contributed by atoms with E-state index in [1.54, 1.807) is 7.11 Å². The van der Waals surface area contributed by atoms with E-state index in [4.69, 9.17) is 10.5 Å². The number of methoxy groups -OCH3 is 1. The molecular weight excluding hydrogens is 244 g/mol. The number of nitrogen functional groups attached to an aromatic ring is 1. The summed E-state index contributed by atoms with van der Waals surface area (Å²) in [5, 5.41) is 2.56. The number of thiazole rings is 1. The van der Waals surface area contributed by atoms with Gasteiger partial charge in [-0.05, 0) is 24.5 Å². The first-order valence-corrected chi connectivity index (χ1v) is 7.01. The molecule has 0 atom stereocenters. The van der Waals surface area contributed by atoms with Gasteiger partial charge in [-0.25, -0.2) is 4.98 Å². The highest BCUT2D eigenvalue weighted by atomic mass is 32.1. The van der Waals surface area contributed by atoms with E-state index in [2.05, 4.69) is 24.0 Å². The summed E-state index contributed by atoms with van der Waals surface area (Å²) in [6, 6.07) is 6.25. The van der Waals surface area contributed by atoms with Crippen molar-refractivity contribution in [2.75, 3.05) is 12.8 Å².